The topological polar surface area (TPSA) is 84.0 Å². The van der Waals surface area contributed by atoms with Crippen molar-refractivity contribution in [2.45, 2.75) is 61.5 Å². The molecule has 0 N–H and O–H groups in total. The van der Waals surface area contributed by atoms with E-state index in [4.69, 9.17) is 4.74 Å². The van der Waals surface area contributed by atoms with Crippen LogP contribution in [0.15, 0.2) is 130 Å². The number of rotatable bonds is 8. The number of sulfonamides is 2. The quantitative estimate of drug-likeness (QED) is 0.208. The van der Waals surface area contributed by atoms with Gasteiger partial charge in [-0.05, 0) is 62.6 Å². The monoisotopic (exact) mass is 642 g/mol. The van der Waals surface area contributed by atoms with E-state index in [9.17, 15) is 16.8 Å². The first-order chi connectivity index (χ1) is 21.6. The Labute approximate surface area is 266 Å². The van der Waals surface area contributed by atoms with Gasteiger partial charge in [0.2, 0.25) is 20.0 Å². The second kappa shape index (κ2) is 12.6. The summed E-state index contributed by atoms with van der Waals surface area (Å²) >= 11 is 0. The molecular formula is C36H38N2O5S2. The molecule has 0 saturated carbocycles. The summed E-state index contributed by atoms with van der Waals surface area (Å²) in [5, 5.41) is 0. The Bertz CT molecular complexity index is 1890. The normalized spacial score (nSPS) is 21.4. The van der Waals surface area contributed by atoms with Crippen molar-refractivity contribution in [1.82, 2.24) is 8.61 Å². The predicted octanol–water partition coefficient (Wildman–Crippen LogP) is 6.93. The van der Waals surface area contributed by atoms with Crippen LogP contribution in [0.2, 0.25) is 0 Å². The Morgan fingerprint density at radius 1 is 0.644 bits per heavy atom. The van der Waals surface area contributed by atoms with Gasteiger partial charge in [0.1, 0.15) is 0 Å². The fourth-order valence-electron chi connectivity index (χ4n) is 6.51. The molecular weight excluding hydrogens is 605 g/mol. The molecule has 4 aromatic carbocycles. The molecule has 7 nitrogen and oxygen atoms in total. The molecule has 9 heteroatoms. The maximum atomic E-state index is 14.7. The highest BCUT2D eigenvalue weighted by Crippen LogP contribution is 2.49. The molecule has 0 amide bonds. The molecule has 0 radical (unpaired) electrons. The molecule has 0 aliphatic carbocycles. The summed E-state index contributed by atoms with van der Waals surface area (Å²) in [7, 11) is -7.99. The van der Waals surface area contributed by atoms with Gasteiger partial charge in [0.15, 0.2) is 0 Å². The van der Waals surface area contributed by atoms with Crippen molar-refractivity contribution in [1.29, 1.82) is 0 Å². The minimum absolute atomic E-state index is 0.0111. The largest absolute Gasteiger partial charge is 0.498 e. The van der Waals surface area contributed by atoms with Crippen molar-refractivity contribution < 1.29 is 21.6 Å². The van der Waals surface area contributed by atoms with Crippen LogP contribution in [-0.2, 0) is 24.8 Å². The molecule has 2 aliphatic heterocycles. The molecule has 0 bridgehead atoms. The van der Waals surface area contributed by atoms with E-state index in [2.05, 4.69) is 0 Å². The molecule has 1 fully saturated rings. The third-order valence-electron chi connectivity index (χ3n) is 8.79. The lowest BCUT2D eigenvalue weighted by Gasteiger charge is -2.49. The highest BCUT2D eigenvalue weighted by atomic mass is 32.2. The second-order valence-corrected chi connectivity index (χ2v) is 15.4. The van der Waals surface area contributed by atoms with Crippen LogP contribution in [0.3, 0.4) is 0 Å². The van der Waals surface area contributed by atoms with Crippen molar-refractivity contribution in [3.8, 4) is 0 Å². The van der Waals surface area contributed by atoms with Gasteiger partial charge in [-0.25, -0.2) is 16.8 Å². The molecule has 1 saturated heterocycles. The highest BCUT2D eigenvalue weighted by Gasteiger charge is 2.51. The van der Waals surface area contributed by atoms with E-state index in [1.54, 1.807) is 52.8 Å². The highest BCUT2D eigenvalue weighted by molar-refractivity contribution is 7.89. The third-order valence-corrected chi connectivity index (χ3v) is 12.6. The Morgan fingerprint density at radius 3 is 1.64 bits per heavy atom. The molecule has 234 valence electrons. The van der Waals surface area contributed by atoms with Crippen LogP contribution < -0.4 is 0 Å². The number of ether oxygens (including phenoxy) is 1. The van der Waals surface area contributed by atoms with E-state index in [-0.39, 0.29) is 22.8 Å². The van der Waals surface area contributed by atoms with Crippen molar-refractivity contribution in [2.24, 2.45) is 0 Å². The van der Waals surface area contributed by atoms with Crippen LogP contribution in [0.1, 0.15) is 54.1 Å². The fraction of sp³-hybridized carbons (Fsp3) is 0.278. The van der Waals surface area contributed by atoms with E-state index in [1.807, 2.05) is 81.4 Å². The number of hydrogen-bond acceptors (Lipinski definition) is 5. The summed E-state index contributed by atoms with van der Waals surface area (Å²) in [4.78, 5) is 0.410. The first-order valence-corrected chi connectivity index (χ1v) is 18.1. The first-order valence-electron chi connectivity index (χ1n) is 15.2. The lowest BCUT2D eigenvalue weighted by molar-refractivity contribution is 0.118. The molecule has 0 spiro atoms. The van der Waals surface area contributed by atoms with Gasteiger partial charge in [-0.2, -0.15) is 8.61 Å². The smallest absolute Gasteiger partial charge is 0.244 e. The lowest BCUT2D eigenvalue weighted by Crippen LogP contribution is -2.54. The lowest BCUT2D eigenvalue weighted by atomic mass is 9.84. The van der Waals surface area contributed by atoms with Crippen LogP contribution in [0.5, 0.6) is 0 Å². The number of piperidine rings is 1. The van der Waals surface area contributed by atoms with Crippen LogP contribution in [0, 0.1) is 13.8 Å². The summed E-state index contributed by atoms with van der Waals surface area (Å²) < 4.78 is 67.5. The van der Waals surface area contributed by atoms with Gasteiger partial charge in [0, 0.05) is 18.5 Å². The second-order valence-electron chi connectivity index (χ2n) is 11.7. The van der Waals surface area contributed by atoms with Crippen LogP contribution >= 0.6 is 0 Å². The van der Waals surface area contributed by atoms with E-state index >= 15 is 0 Å². The molecule has 0 aromatic heterocycles. The number of fused-ring (bicyclic) bond motifs is 1. The van der Waals surface area contributed by atoms with Gasteiger partial charge in [-0.1, -0.05) is 96.1 Å². The predicted molar refractivity (Wildman–Crippen MR) is 175 cm³/mol. The third kappa shape index (κ3) is 5.97. The van der Waals surface area contributed by atoms with Crippen molar-refractivity contribution in [3.05, 3.63) is 143 Å². The van der Waals surface area contributed by atoms with Crippen LogP contribution in [-0.4, -0.2) is 44.6 Å². The summed E-state index contributed by atoms with van der Waals surface area (Å²) in [5.41, 5.74) is 4.27. The maximum Gasteiger partial charge on any atom is 0.244 e. The summed E-state index contributed by atoms with van der Waals surface area (Å²) in [5.74, 6) is 0.655. The molecule has 2 aliphatic rings. The number of benzene rings is 4. The van der Waals surface area contributed by atoms with Gasteiger partial charge in [0.25, 0.3) is 0 Å². The fourth-order valence-corrected chi connectivity index (χ4v) is 9.91. The zero-order valence-electron chi connectivity index (χ0n) is 25.7. The summed E-state index contributed by atoms with van der Waals surface area (Å²) in [6.07, 6.45) is 0.526. The van der Waals surface area contributed by atoms with Gasteiger partial charge in [0.05, 0.1) is 40.3 Å². The van der Waals surface area contributed by atoms with E-state index < -0.39 is 38.2 Å². The van der Waals surface area contributed by atoms with E-state index in [0.717, 1.165) is 22.3 Å². The Morgan fingerprint density at radius 2 is 1.13 bits per heavy atom. The van der Waals surface area contributed by atoms with E-state index in [1.165, 1.54) is 4.31 Å². The van der Waals surface area contributed by atoms with Gasteiger partial charge >= 0.3 is 0 Å². The number of nitrogens with zero attached hydrogens (tertiary/aromatic N) is 2. The minimum atomic E-state index is -4.02. The SMILES string of the molecule is CCOC1=C2CN(S(=O)(=O)c3ccc(C)cc3)C(c3ccccc3)CC2N(S(=O)(=O)c2ccc(C)cc2)C(c2ccccc2)C1. The Hall–Kier alpha value is -3.76. The average Bonchev–Trinajstić information content (AvgIpc) is 3.05. The maximum absolute atomic E-state index is 14.7. The van der Waals surface area contributed by atoms with Crippen molar-refractivity contribution in [3.63, 3.8) is 0 Å². The molecule has 45 heavy (non-hydrogen) atoms. The zero-order chi connectivity index (χ0) is 31.8. The Balaban J connectivity index is 1.55. The molecule has 2 heterocycles. The molecule has 3 unspecified atom stereocenters. The molecule has 3 atom stereocenters. The molecule has 6 rings (SSSR count). The molecule has 4 aromatic rings. The standard InChI is InChI=1S/C36H38N2O5S2/c1-4-43-36-24-34(29-13-9-6-10-14-29)38(45(41,42)31-21-17-27(3)18-22-31)35-23-33(28-11-7-5-8-12-28)37(25-32(35)36)44(39,40)30-19-15-26(2)16-20-30/h5-22,33-35H,4,23-25H2,1-3H3. The minimum Gasteiger partial charge on any atom is -0.498 e. The van der Waals surface area contributed by atoms with Crippen LogP contribution in [0.25, 0.3) is 0 Å². The van der Waals surface area contributed by atoms with Gasteiger partial charge < -0.3 is 4.74 Å². The first kappa shape index (κ1) is 31.2. The number of hydrogen-bond donors (Lipinski definition) is 0. The summed E-state index contributed by atoms with van der Waals surface area (Å²) in [6.45, 7) is 6.13. The van der Waals surface area contributed by atoms with Crippen molar-refractivity contribution >= 4 is 20.0 Å². The van der Waals surface area contributed by atoms with Gasteiger partial charge in [-0.15, -0.1) is 0 Å². The van der Waals surface area contributed by atoms with Gasteiger partial charge in [-0.3, -0.25) is 0 Å². The zero-order valence-corrected chi connectivity index (χ0v) is 27.3. The Kier molecular flexibility index (Phi) is 8.72. The number of aryl methyl sites for hydroxylation is 2. The average molecular weight is 643 g/mol. The van der Waals surface area contributed by atoms with E-state index in [0.29, 0.717) is 24.4 Å². The van der Waals surface area contributed by atoms with Crippen LogP contribution in [0.4, 0.5) is 0 Å². The van der Waals surface area contributed by atoms with Crippen molar-refractivity contribution in [2.75, 3.05) is 13.2 Å². The summed E-state index contributed by atoms with van der Waals surface area (Å²) in [6, 6.07) is 31.1.